The summed E-state index contributed by atoms with van der Waals surface area (Å²) in [6.45, 7) is 6.62. The number of nitrogens with two attached hydrogens (primary N) is 1. The number of hydrogen-bond acceptors (Lipinski definition) is 2. The van der Waals surface area contributed by atoms with Crippen LogP contribution in [0.15, 0.2) is 18.3 Å². The molecular formula is C11H18N2. The molecule has 1 aromatic heterocycles. The van der Waals surface area contributed by atoms with Crippen molar-refractivity contribution in [1.82, 2.24) is 4.98 Å². The summed E-state index contributed by atoms with van der Waals surface area (Å²) in [6, 6.07) is 4.03. The van der Waals surface area contributed by atoms with Gasteiger partial charge in [0, 0.05) is 11.8 Å². The van der Waals surface area contributed by atoms with E-state index in [4.69, 9.17) is 5.73 Å². The molecule has 0 atom stereocenters. The number of hydrogen-bond donors (Lipinski definition) is 1. The van der Waals surface area contributed by atoms with Gasteiger partial charge < -0.3 is 5.73 Å². The minimum Gasteiger partial charge on any atom is -0.383 e. The van der Waals surface area contributed by atoms with Crippen LogP contribution >= 0.6 is 0 Å². The average molecular weight is 178 g/mol. The monoisotopic (exact) mass is 178 g/mol. The van der Waals surface area contributed by atoms with Crippen molar-refractivity contribution in [1.29, 1.82) is 0 Å². The molecule has 2 N–H and O–H groups in total. The molecule has 0 radical (unpaired) electrons. The first-order valence-electron chi connectivity index (χ1n) is 4.85. The molecule has 0 aliphatic heterocycles. The lowest BCUT2D eigenvalue weighted by molar-refractivity contribution is 0.439. The summed E-state index contributed by atoms with van der Waals surface area (Å²) in [5, 5.41) is 0. The van der Waals surface area contributed by atoms with Crippen LogP contribution in [0.2, 0.25) is 0 Å². The Bertz CT molecular complexity index is 277. The highest BCUT2D eigenvalue weighted by molar-refractivity contribution is 5.43. The largest absolute Gasteiger partial charge is 0.383 e. The van der Waals surface area contributed by atoms with Crippen LogP contribution in [0.1, 0.15) is 39.2 Å². The SMILES string of the molecule is CCC(C)(CC)c1cccnc1N. The van der Waals surface area contributed by atoms with Crippen LogP contribution in [0, 0.1) is 0 Å². The zero-order chi connectivity index (χ0) is 9.90. The van der Waals surface area contributed by atoms with E-state index in [-0.39, 0.29) is 5.41 Å². The summed E-state index contributed by atoms with van der Waals surface area (Å²) in [5.41, 5.74) is 7.21. The van der Waals surface area contributed by atoms with Gasteiger partial charge in [-0.3, -0.25) is 0 Å². The highest BCUT2D eigenvalue weighted by atomic mass is 14.8. The van der Waals surface area contributed by atoms with Crippen LogP contribution < -0.4 is 5.73 Å². The number of nitrogen functional groups attached to an aromatic ring is 1. The Balaban J connectivity index is 3.12. The molecule has 13 heavy (non-hydrogen) atoms. The van der Waals surface area contributed by atoms with Crippen LogP contribution in [0.25, 0.3) is 0 Å². The molecule has 1 aromatic rings. The fraction of sp³-hybridized carbons (Fsp3) is 0.545. The van der Waals surface area contributed by atoms with Crippen LogP contribution in [-0.2, 0) is 5.41 Å². The van der Waals surface area contributed by atoms with E-state index in [0.717, 1.165) is 12.8 Å². The minimum absolute atomic E-state index is 0.179. The van der Waals surface area contributed by atoms with E-state index >= 15 is 0 Å². The molecule has 2 nitrogen and oxygen atoms in total. The second-order valence-electron chi connectivity index (χ2n) is 3.70. The quantitative estimate of drug-likeness (QED) is 0.773. The highest BCUT2D eigenvalue weighted by Gasteiger charge is 2.24. The molecule has 0 bridgehead atoms. The molecule has 1 rings (SSSR count). The molecule has 1 heterocycles. The first-order valence-corrected chi connectivity index (χ1v) is 4.85. The van der Waals surface area contributed by atoms with Gasteiger partial charge in [0.05, 0.1) is 0 Å². The van der Waals surface area contributed by atoms with Gasteiger partial charge in [0.25, 0.3) is 0 Å². The van der Waals surface area contributed by atoms with Gasteiger partial charge in [0.1, 0.15) is 5.82 Å². The van der Waals surface area contributed by atoms with Gasteiger partial charge in [-0.15, -0.1) is 0 Å². The smallest absolute Gasteiger partial charge is 0.127 e. The lowest BCUT2D eigenvalue weighted by atomic mass is 9.78. The van der Waals surface area contributed by atoms with Crippen LogP contribution in [0.4, 0.5) is 5.82 Å². The van der Waals surface area contributed by atoms with E-state index in [0.29, 0.717) is 5.82 Å². The topological polar surface area (TPSA) is 38.9 Å². The minimum atomic E-state index is 0.179. The maximum Gasteiger partial charge on any atom is 0.127 e. The summed E-state index contributed by atoms with van der Waals surface area (Å²) >= 11 is 0. The molecule has 0 aliphatic carbocycles. The molecule has 0 spiro atoms. The van der Waals surface area contributed by atoms with Gasteiger partial charge in [-0.1, -0.05) is 26.8 Å². The van der Waals surface area contributed by atoms with Crippen LogP contribution in [0.5, 0.6) is 0 Å². The molecule has 0 amide bonds. The second-order valence-corrected chi connectivity index (χ2v) is 3.70. The molecule has 0 saturated carbocycles. The lowest BCUT2D eigenvalue weighted by Crippen LogP contribution is -2.21. The van der Waals surface area contributed by atoms with E-state index in [1.807, 2.05) is 6.07 Å². The third-order valence-electron chi connectivity index (χ3n) is 3.05. The van der Waals surface area contributed by atoms with E-state index in [1.165, 1.54) is 5.56 Å². The zero-order valence-corrected chi connectivity index (χ0v) is 8.67. The Morgan fingerprint density at radius 2 is 2.00 bits per heavy atom. The summed E-state index contributed by atoms with van der Waals surface area (Å²) in [7, 11) is 0. The number of aromatic nitrogens is 1. The van der Waals surface area contributed by atoms with Crippen molar-refractivity contribution >= 4 is 5.82 Å². The van der Waals surface area contributed by atoms with Crippen LogP contribution in [0.3, 0.4) is 0 Å². The Morgan fingerprint density at radius 3 is 2.46 bits per heavy atom. The third-order valence-corrected chi connectivity index (χ3v) is 3.05. The number of rotatable bonds is 3. The lowest BCUT2D eigenvalue weighted by Gasteiger charge is -2.27. The van der Waals surface area contributed by atoms with Gasteiger partial charge in [0.15, 0.2) is 0 Å². The number of pyridine rings is 1. The standard InChI is InChI=1S/C11H18N2/c1-4-11(3,5-2)9-7-6-8-13-10(9)12/h6-8H,4-5H2,1-3H3,(H2,12,13). The Morgan fingerprint density at radius 1 is 1.38 bits per heavy atom. The Labute approximate surface area is 80.2 Å². The van der Waals surface area contributed by atoms with Gasteiger partial charge in [-0.25, -0.2) is 4.98 Å². The van der Waals surface area contributed by atoms with Gasteiger partial charge in [0.2, 0.25) is 0 Å². The average Bonchev–Trinajstić information content (AvgIpc) is 2.17. The molecular weight excluding hydrogens is 160 g/mol. The van der Waals surface area contributed by atoms with Crippen molar-refractivity contribution in [3.8, 4) is 0 Å². The predicted octanol–water partition coefficient (Wildman–Crippen LogP) is 2.74. The van der Waals surface area contributed by atoms with E-state index in [1.54, 1.807) is 6.20 Å². The first-order chi connectivity index (χ1) is 6.14. The van der Waals surface area contributed by atoms with E-state index in [2.05, 4.69) is 31.8 Å². The fourth-order valence-electron chi connectivity index (χ4n) is 1.56. The molecule has 72 valence electrons. The highest BCUT2D eigenvalue weighted by Crippen LogP contribution is 2.33. The Kier molecular flexibility index (Phi) is 2.91. The predicted molar refractivity (Wildman–Crippen MR) is 56.6 cm³/mol. The maximum atomic E-state index is 5.85. The van der Waals surface area contributed by atoms with Crippen molar-refractivity contribution < 1.29 is 0 Å². The Hall–Kier alpha value is -1.05. The maximum absolute atomic E-state index is 5.85. The van der Waals surface area contributed by atoms with Crippen molar-refractivity contribution in [2.45, 2.75) is 39.0 Å². The second kappa shape index (κ2) is 3.77. The van der Waals surface area contributed by atoms with Crippen molar-refractivity contribution in [2.75, 3.05) is 5.73 Å². The number of anilines is 1. The van der Waals surface area contributed by atoms with Crippen molar-refractivity contribution in [3.63, 3.8) is 0 Å². The van der Waals surface area contributed by atoms with Crippen LogP contribution in [-0.4, -0.2) is 4.98 Å². The van der Waals surface area contributed by atoms with Crippen molar-refractivity contribution in [2.24, 2.45) is 0 Å². The molecule has 2 heteroatoms. The van der Waals surface area contributed by atoms with E-state index in [9.17, 15) is 0 Å². The number of nitrogens with zero attached hydrogens (tertiary/aromatic N) is 1. The van der Waals surface area contributed by atoms with Gasteiger partial charge in [-0.05, 0) is 24.3 Å². The molecule has 0 fully saturated rings. The molecule has 0 unspecified atom stereocenters. The zero-order valence-electron chi connectivity index (χ0n) is 8.67. The molecule has 0 aromatic carbocycles. The first kappa shape index (κ1) is 10.0. The summed E-state index contributed by atoms with van der Waals surface area (Å²) < 4.78 is 0. The molecule has 0 aliphatic rings. The summed E-state index contributed by atoms with van der Waals surface area (Å²) in [6.07, 6.45) is 3.93. The van der Waals surface area contributed by atoms with E-state index < -0.39 is 0 Å². The van der Waals surface area contributed by atoms with Crippen molar-refractivity contribution in [3.05, 3.63) is 23.9 Å². The third kappa shape index (κ3) is 1.82. The summed E-state index contributed by atoms with van der Waals surface area (Å²) in [5.74, 6) is 0.675. The fourth-order valence-corrected chi connectivity index (χ4v) is 1.56. The summed E-state index contributed by atoms with van der Waals surface area (Å²) in [4.78, 5) is 4.12. The van der Waals surface area contributed by atoms with Gasteiger partial charge in [-0.2, -0.15) is 0 Å². The van der Waals surface area contributed by atoms with Gasteiger partial charge >= 0.3 is 0 Å². The molecule has 0 saturated heterocycles. The normalized spacial score (nSPS) is 11.6.